The van der Waals surface area contributed by atoms with E-state index in [4.69, 9.17) is 4.52 Å². The van der Waals surface area contributed by atoms with Crippen LogP contribution in [0, 0.1) is 0 Å². The molecule has 3 aromatic rings. The van der Waals surface area contributed by atoms with Gasteiger partial charge in [0.25, 0.3) is 0 Å². The van der Waals surface area contributed by atoms with Gasteiger partial charge in [-0.1, -0.05) is 5.16 Å². The van der Waals surface area contributed by atoms with Crippen molar-refractivity contribution in [2.75, 3.05) is 18.5 Å². The van der Waals surface area contributed by atoms with Crippen molar-refractivity contribution in [1.29, 1.82) is 0 Å². The molecule has 2 aromatic heterocycles. The molecule has 0 saturated heterocycles. The van der Waals surface area contributed by atoms with Gasteiger partial charge in [-0.05, 0) is 31.2 Å². The predicted octanol–water partition coefficient (Wildman–Crippen LogP) is 1.13. The highest BCUT2D eigenvalue weighted by Crippen LogP contribution is 2.20. The van der Waals surface area contributed by atoms with E-state index in [9.17, 15) is 4.79 Å². The molecule has 8 heteroatoms. The Morgan fingerprint density at radius 2 is 2.09 bits per heavy atom. The van der Waals surface area contributed by atoms with Crippen LogP contribution < -0.4 is 10.6 Å². The number of nitrogens with one attached hydrogen (secondary N) is 1. The molecule has 0 aliphatic carbocycles. The Labute approximate surface area is 126 Å². The fraction of sp³-hybridized carbons (Fsp3) is 0.286. The van der Waals surface area contributed by atoms with Crippen molar-refractivity contribution in [1.82, 2.24) is 24.9 Å². The van der Waals surface area contributed by atoms with Gasteiger partial charge in [0, 0.05) is 24.8 Å². The lowest BCUT2D eigenvalue weighted by Crippen LogP contribution is -2.16. The molecular formula is C14H16N6O2. The average Bonchev–Trinajstić information content (AvgIpc) is 3.17. The highest BCUT2D eigenvalue weighted by atomic mass is 16.5. The first-order valence-corrected chi connectivity index (χ1v) is 6.91. The first-order chi connectivity index (χ1) is 10.7. The van der Waals surface area contributed by atoms with E-state index in [0.717, 1.165) is 17.8 Å². The maximum atomic E-state index is 11.4. The van der Waals surface area contributed by atoms with Crippen molar-refractivity contribution in [3.63, 3.8) is 0 Å². The maximum absolute atomic E-state index is 11.4. The molecule has 1 N–H and O–H groups in total. The van der Waals surface area contributed by atoms with Gasteiger partial charge in [0.2, 0.25) is 11.7 Å². The monoisotopic (exact) mass is 300 g/mol. The van der Waals surface area contributed by atoms with Gasteiger partial charge < -0.3 is 9.42 Å². The number of rotatable bonds is 5. The quantitative estimate of drug-likeness (QED) is 0.759. The van der Waals surface area contributed by atoms with Crippen molar-refractivity contribution in [2.45, 2.75) is 13.5 Å². The number of nitrogens with zero attached hydrogens (tertiary/aromatic N) is 5. The average molecular weight is 300 g/mol. The van der Waals surface area contributed by atoms with Crippen LogP contribution in [0.2, 0.25) is 0 Å². The summed E-state index contributed by atoms with van der Waals surface area (Å²) in [5.41, 5.74) is 1.68. The smallest absolute Gasteiger partial charge is 0.343 e. The first-order valence-electron chi connectivity index (χ1n) is 6.91. The number of anilines is 1. The van der Waals surface area contributed by atoms with E-state index in [1.807, 2.05) is 31.3 Å². The van der Waals surface area contributed by atoms with Crippen LogP contribution in [0.15, 0.2) is 39.9 Å². The lowest BCUT2D eigenvalue weighted by molar-refractivity contribution is 0.370. The van der Waals surface area contributed by atoms with Crippen LogP contribution in [0.3, 0.4) is 0 Å². The minimum atomic E-state index is -0.313. The zero-order valence-electron chi connectivity index (χ0n) is 12.4. The lowest BCUT2D eigenvalue weighted by Gasteiger charge is -2.16. The molecule has 0 aliphatic rings. The highest BCUT2D eigenvalue weighted by molar-refractivity contribution is 5.59. The molecule has 0 saturated carbocycles. The summed E-state index contributed by atoms with van der Waals surface area (Å²) in [6, 6.07) is 7.91. The molecular weight excluding hydrogens is 284 g/mol. The molecule has 22 heavy (non-hydrogen) atoms. The van der Waals surface area contributed by atoms with E-state index in [1.54, 1.807) is 0 Å². The molecule has 0 fully saturated rings. The van der Waals surface area contributed by atoms with E-state index >= 15 is 0 Å². The Kier molecular flexibility index (Phi) is 3.73. The fourth-order valence-corrected chi connectivity index (χ4v) is 2.01. The van der Waals surface area contributed by atoms with Gasteiger partial charge in [-0.2, -0.15) is 10.1 Å². The molecule has 8 nitrogen and oxygen atoms in total. The normalized spacial score (nSPS) is 10.8. The van der Waals surface area contributed by atoms with Crippen LogP contribution in [-0.2, 0) is 6.54 Å². The zero-order chi connectivity index (χ0) is 15.5. The molecule has 0 amide bonds. The topological polar surface area (TPSA) is 92.8 Å². The maximum Gasteiger partial charge on any atom is 0.343 e. The predicted molar refractivity (Wildman–Crippen MR) is 80.6 cm³/mol. The molecule has 2 heterocycles. The Morgan fingerprint density at radius 1 is 1.32 bits per heavy atom. The molecule has 0 spiro atoms. The molecule has 0 unspecified atom stereocenters. The molecule has 1 aromatic carbocycles. The summed E-state index contributed by atoms with van der Waals surface area (Å²) in [6.45, 7) is 3.22. The standard InChI is InChI=1S/C14H16N6O2/c1-3-19(2)11-6-4-10(5-7-11)13-16-12(22-18-13)8-20-9-15-17-14(20)21/h4-7,9H,3,8H2,1-2H3,(H,17,21). The summed E-state index contributed by atoms with van der Waals surface area (Å²) in [5, 5.41) is 9.91. The van der Waals surface area contributed by atoms with Crippen molar-refractivity contribution in [3.05, 3.63) is 47.0 Å². The third-order valence-electron chi connectivity index (χ3n) is 3.43. The fourth-order valence-electron chi connectivity index (χ4n) is 2.01. The minimum absolute atomic E-state index is 0.193. The van der Waals surface area contributed by atoms with Gasteiger partial charge in [-0.15, -0.1) is 0 Å². The second-order valence-corrected chi connectivity index (χ2v) is 4.86. The van der Waals surface area contributed by atoms with E-state index in [1.165, 1.54) is 10.9 Å². The van der Waals surface area contributed by atoms with Crippen LogP contribution in [-0.4, -0.2) is 38.5 Å². The third-order valence-corrected chi connectivity index (χ3v) is 3.43. The van der Waals surface area contributed by atoms with Crippen LogP contribution in [0.1, 0.15) is 12.8 Å². The molecule has 3 rings (SSSR count). The van der Waals surface area contributed by atoms with Gasteiger partial charge in [0.1, 0.15) is 12.9 Å². The SMILES string of the molecule is CCN(C)c1ccc(-c2noc(Cn3cn[nH]c3=O)n2)cc1. The molecule has 0 radical (unpaired) electrons. The van der Waals surface area contributed by atoms with Gasteiger partial charge in [-0.25, -0.2) is 9.89 Å². The van der Waals surface area contributed by atoms with Gasteiger partial charge in [0.05, 0.1) is 0 Å². The molecule has 0 aliphatic heterocycles. The van der Waals surface area contributed by atoms with Crippen molar-refractivity contribution >= 4 is 5.69 Å². The second kappa shape index (κ2) is 5.84. The Morgan fingerprint density at radius 3 is 2.73 bits per heavy atom. The van der Waals surface area contributed by atoms with Gasteiger partial charge in [0.15, 0.2) is 0 Å². The lowest BCUT2D eigenvalue weighted by atomic mass is 10.2. The summed E-state index contributed by atoms with van der Waals surface area (Å²) in [7, 11) is 2.03. The summed E-state index contributed by atoms with van der Waals surface area (Å²) in [5.74, 6) is 0.852. The van der Waals surface area contributed by atoms with Crippen LogP contribution >= 0.6 is 0 Å². The number of benzene rings is 1. The Balaban J connectivity index is 1.78. The number of hydrogen-bond acceptors (Lipinski definition) is 6. The first kappa shape index (κ1) is 14.1. The van der Waals surface area contributed by atoms with Crippen LogP contribution in [0.5, 0.6) is 0 Å². The minimum Gasteiger partial charge on any atom is -0.375 e. The Hall–Kier alpha value is -2.90. The summed E-state index contributed by atoms with van der Waals surface area (Å²) in [4.78, 5) is 17.8. The third kappa shape index (κ3) is 2.76. The highest BCUT2D eigenvalue weighted by Gasteiger charge is 2.10. The molecule has 0 bridgehead atoms. The number of hydrogen-bond donors (Lipinski definition) is 1. The molecule has 0 atom stereocenters. The number of aromatic nitrogens is 5. The second-order valence-electron chi connectivity index (χ2n) is 4.86. The van der Waals surface area contributed by atoms with E-state index < -0.39 is 0 Å². The largest absolute Gasteiger partial charge is 0.375 e. The number of H-pyrrole nitrogens is 1. The summed E-state index contributed by atoms with van der Waals surface area (Å²) in [6.07, 6.45) is 1.39. The van der Waals surface area contributed by atoms with Crippen molar-refractivity contribution in [2.24, 2.45) is 0 Å². The van der Waals surface area contributed by atoms with Crippen LogP contribution in [0.25, 0.3) is 11.4 Å². The van der Waals surface area contributed by atoms with Crippen LogP contribution in [0.4, 0.5) is 5.69 Å². The van der Waals surface area contributed by atoms with Crippen molar-refractivity contribution < 1.29 is 4.52 Å². The van der Waals surface area contributed by atoms with E-state index in [0.29, 0.717) is 11.7 Å². The summed E-state index contributed by atoms with van der Waals surface area (Å²) >= 11 is 0. The van der Waals surface area contributed by atoms with E-state index in [2.05, 4.69) is 32.2 Å². The van der Waals surface area contributed by atoms with Gasteiger partial charge in [-0.3, -0.25) is 4.57 Å². The number of aromatic amines is 1. The van der Waals surface area contributed by atoms with E-state index in [-0.39, 0.29) is 12.2 Å². The Bertz CT molecular complexity index is 801. The van der Waals surface area contributed by atoms with Crippen molar-refractivity contribution in [3.8, 4) is 11.4 Å². The summed E-state index contributed by atoms with van der Waals surface area (Å²) < 4.78 is 6.53. The van der Waals surface area contributed by atoms with Gasteiger partial charge >= 0.3 is 5.69 Å². The zero-order valence-corrected chi connectivity index (χ0v) is 12.4. The molecule has 114 valence electrons.